The average molecular weight is 314 g/mol. The lowest BCUT2D eigenvalue weighted by Crippen LogP contribution is -1.96. The van der Waals surface area contributed by atoms with Gasteiger partial charge < -0.3 is 0 Å². The minimum absolute atomic E-state index is 0.0741. The van der Waals surface area contributed by atoms with Crippen molar-refractivity contribution in [1.29, 1.82) is 0 Å². The highest BCUT2D eigenvalue weighted by Gasteiger charge is 2.05. The second-order valence-corrected chi connectivity index (χ2v) is 6.68. The summed E-state index contributed by atoms with van der Waals surface area (Å²) in [5, 5.41) is 0. The molecular formula is C17H30O3S. The van der Waals surface area contributed by atoms with Gasteiger partial charge in [0.2, 0.25) is 0 Å². The second kappa shape index (κ2) is 12.8. The van der Waals surface area contributed by atoms with Crippen LogP contribution in [0, 0.1) is 0 Å². The third-order valence-electron chi connectivity index (χ3n) is 3.25. The van der Waals surface area contributed by atoms with Gasteiger partial charge in [0, 0.05) is 0 Å². The number of benzene rings is 1. The molecule has 0 heterocycles. The summed E-state index contributed by atoms with van der Waals surface area (Å²) < 4.78 is 29.2. The minimum atomic E-state index is -4.00. The molecule has 1 rings (SSSR count). The lowest BCUT2D eigenvalue weighted by molar-refractivity contribution is 0.483. The van der Waals surface area contributed by atoms with Gasteiger partial charge in [0.1, 0.15) is 0 Å². The van der Waals surface area contributed by atoms with Crippen molar-refractivity contribution in [2.75, 3.05) is 0 Å². The van der Waals surface area contributed by atoms with Gasteiger partial charge in [0.15, 0.2) is 0 Å². The van der Waals surface area contributed by atoms with Gasteiger partial charge in [-0.3, -0.25) is 4.55 Å². The van der Waals surface area contributed by atoms with Crippen LogP contribution in [0.4, 0.5) is 0 Å². The molecule has 0 amide bonds. The SMILES string of the molecule is CCCCCCCCCCC.O=S(=O)(O)c1ccccc1. The highest BCUT2D eigenvalue weighted by Crippen LogP contribution is 2.08. The molecule has 0 unspecified atom stereocenters. The summed E-state index contributed by atoms with van der Waals surface area (Å²) in [6.45, 7) is 4.55. The van der Waals surface area contributed by atoms with E-state index in [2.05, 4.69) is 13.8 Å². The summed E-state index contributed by atoms with van der Waals surface area (Å²) >= 11 is 0. The van der Waals surface area contributed by atoms with E-state index < -0.39 is 10.1 Å². The van der Waals surface area contributed by atoms with Crippen LogP contribution in [0.1, 0.15) is 71.6 Å². The molecule has 0 aliphatic carbocycles. The van der Waals surface area contributed by atoms with E-state index in [0.29, 0.717) is 0 Å². The van der Waals surface area contributed by atoms with Gasteiger partial charge in [0.25, 0.3) is 10.1 Å². The molecule has 21 heavy (non-hydrogen) atoms. The van der Waals surface area contributed by atoms with Crippen LogP contribution in [0.2, 0.25) is 0 Å². The fourth-order valence-electron chi connectivity index (χ4n) is 1.98. The molecule has 0 saturated heterocycles. The van der Waals surface area contributed by atoms with E-state index in [0.717, 1.165) is 0 Å². The van der Waals surface area contributed by atoms with Crippen LogP contribution in [-0.2, 0) is 10.1 Å². The van der Waals surface area contributed by atoms with Crippen molar-refractivity contribution in [1.82, 2.24) is 0 Å². The lowest BCUT2D eigenvalue weighted by atomic mass is 10.1. The zero-order chi connectivity index (χ0) is 16.0. The van der Waals surface area contributed by atoms with E-state index in [1.165, 1.54) is 69.9 Å². The van der Waals surface area contributed by atoms with E-state index in [9.17, 15) is 8.42 Å². The molecule has 1 aromatic carbocycles. The van der Waals surface area contributed by atoms with Gasteiger partial charge >= 0.3 is 0 Å². The Morgan fingerprint density at radius 2 is 1.14 bits per heavy atom. The first-order valence-corrected chi connectivity index (χ1v) is 9.48. The zero-order valence-corrected chi connectivity index (χ0v) is 14.2. The Kier molecular flexibility index (Phi) is 12.3. The van der Waals surface area contributed by atoms with E-state index in [-0.39, 0.29) is 4.90 Å². The number of hydrogen-bond donors (Lipinski definition) is 1. The van der Waals surface area contributed by atoms with Crippen LogP contribution in [0.25, 0.3) is 0 Å². The largest absolute Gasteiger partial charge is 0.294 e. The molecule has 3 nitrogen and oxygen atoms in total. The Morgan fingerprint density at radius 1 is 0.762 bits per heavy atom. The maximum Gasteiger partial charge on any atom is 0.294 e. The monoisotopic (exact) mass is 314 g/mol. The van der Waals surface area contributed by atoms with Crippen molar-refractivity contribution in [3.8, 4) is 0 Å². The van der Waals surface area contributed by atoms with Crippen molar-refractivity contribution < 1.29 is 13.0 Å². The van der Waals surface area contributed by atoms with Gasteiger partial charge in [-0.05, 0) is 12.1 Å². The Labute approximate surface area is 130 Å². The molecule has 1 N–H and O–H groups in total. The van der Waals surface area contributed by atoms with Crippen molar-refractivity contribution in [3.63, 3.8) is 0 Å². The second-order valence-electron chi connectivity index (χ2n) is 5.26. The molecule has 0 aliphatic rings. The van der Waals surface area contributed by atoms with E-state index >= 15 is 0 Å². The molecule has 122 valence electrons. The summed E-state index contributed by atoms with van der Waals surface area (Å²) in [6, 6.07) is 7.42. The Balaban J connectivity index is 0.000000382. The van der Waals surface area contributed by atoms with Gasteiger partial charge in [0.05, 0.1) is 4.90 Å². The summed E-state index contributed by atoms with van der Waals surface area (Å²) in [5.74, 6) is 0. The molecule has 0 spiro atoms. The van der Waals surface area contributed by atoms with Gasteiger partial charge in [-0.15, -0.1) is 0 Å². The quantitative estimate of drug-likeness (QED) is 0.485. The van der Waals surface area contributed by atoms with Crippen molar-refractivity contribution in [2.24, 2.45) is 0 Å². The molecule has 0 fully saturated rings. The Morgan fingerprint density at radius 3 is 1.43 bits per heavy atom. The minimum Gasteiger partial charge on any atom is -0.282 e. The van der Waals surface area contributed by atoms with Gasteiger partial charge in [-0.1, -0.05) is 89.8 Å². The van der Waals surface area contributed by atoms with Crippen LogP contribution in [0.5, 0.6) is 0 Å². The molecule has 4 heteroatoms. The predicted octanol–water partition coefficient (Wildman–Crippen LogP) is 5.47. The van der Waals surface area contributed by atoms with Crippen LogP contribution in [0.3, 0.4) is 0 Å². The van der Waals surface area contributed by atoms with Crippen molar-refractivity contribution in [3.05, 3.63) is 30.3 Å². The van der Waals surface area contributed by atoms with Crippen LogP contribution in [0.15, 0.2) is 35.2 Å². The van der Waals surface area contributed by atoms with Crippen LogP contribution in [-0.4, -0.2) is 13.0 Å². The smallest absolute Gasteiger partial charge is 0.282 e. The van der Waals surface area contributed by atoms with Crippen LogP contribution < -0.4 is 0 Å². The van der Waals surface area contributed by atoms with Gasteiger partial charge in [-0.25, -0.2) is 0 Å². The molecule has 1 aromatic rings. The topological polar surface area (TPSA) is 54.4 Å². The average Bonchev–Trinajstić information content (AvgIpc) is 2.47. The van der Waals surface area contributed by atoms with E-state index in [1.54, 1.807) is 18.2 Å². The molecule has 0 atom stereocenters. The molecule has 0 radical (unpaired) electrons. The molecule has 0 aromatic heterocycles. The highest BCUT2D eigenvalue weighted by molar-refractivity contribution is 7.85. The maximum absolute atomic E-state index is 10.4. The highest BCUT2D eigenvalue weighted by atomic mass is 32.2. The predicted molar refractivity (Wildman–Crippen MR) is 89.2 cm³/mol. The third-order valence-corrected chi connectivity index (χ3v) is 4.12. The fourth-order valence-corrected chi connectivity index (χ4v) is 2.48. The summed E-state index contributed by atoms with van der Waals surface area (Å²) in [5.41, 5.74) is 0. The first-order chi connectivity index (χ1) is 10.0. The lowest BCUT2D eigenvalue weighted by Gasteiger charge is -1.98. The third kappa shape index (κ3) is 12.6. The first-order valence-electron chi connectivity index (χ1n) is 8.04. The molecule has 0 bridgehead atoms. The van der Waals surface area contributed by atoms with E-state index in [1.807, 2.05) is 0 Å². The number of hydrogen-bond acceptors (Lipinski definition) is 2. The molecule has 0 saturated carbocycles. The molecule has 0 aliphatic heterocycles. The summed E-state index contributed by atoms with van der Waals surface area (Å²) in [6.07, 6.45) is 13.0. The standard InChI is InChI=1S/C11H24.C6H6O3S/c1-3-5-7-9-11-10-8-6-4-2;7-10(8,9)6-4-2-1-3-5-6/h3-11H2,1-2H3;1-5H,(H,7,8,9). The Hall–Kier alpha value is -0.870. The zero-order valence-electron chi connectivity index (χ0n) is 13.4. The fraction of sp³-hybridized carbons (Fsp3) is 0.647. The number of rotatable bonds is 9. The molecular weight excluding hydrogens is 284 g/mol. The van der Waals surface area contributed by atoms with Crippen molar-refractivity contribution in [2.45, 2.75) is 76.5 Å². The summed E-state index contributed by atoms with van der Waals surface area (Å²) in [4.78, 5) is -0.0741. The van der Waals surface area contributed by atoms with Crippen molar-refractivity contribution >= 4 is 10.1 Å². The van der Waals surface area contributed by atoms with E-state index in [4.69, 9.17) is 4.55 Å². The van der Waals surface area contributed by atoms with Crippen LogP contribution >= 0.6 is 0 Å². The summed E-state index contributed by atoms with van der Waals surface area (Å²) in [7, 11) is -4.00. The maximum atomic E-state index is 10.4. The Bertz CT molecular complexity index is 419. The number of unbranched alkanes of at least 4 members (excludes halogenated alkanes) is 8. The van der Waals surface area contributed by atoms with Gasteiger partial charge in [-0.2, -0.15) is 8.42 Å². The normalized spacial score (nSPS) is 10.8. The first kappa shape index (κ1) is 20.1.